The molecule has 4 N–H and O–H groups in total. The van der Waals surface area contributed by atoms with Gasteiger partial charge in [0, 0.05) is 18.3 Å². The van der Waals surface area contributed by atoms with Gasteiger partial charge in [0.2, 0.25) is 0 Å². The van der Waals surface area contributed by atoms with Crippen LogP contribution in [-0.4, -0.2) is 94.4 Å². The monoisotopic (exact) mass is 734 g/mol. The van der Waals surface area contributed by atoms with E-state index in [4.69, 9.17) is 18.9 Å². The SMILES string of the molecule is CC(C)(O)[C@@H](CCCC1CC[C@@]2(C)C3CC=C4C(CC[C@H](O[C@H]5C[C@@H](N=O)[C@H](O)[C@@H](CN=O)O5)C4(C)C)[C@]3(C)CC[C@]12C)O[C@@H]1OC[C@@H](O)C[C@H]1O. The van der Waals surface area contributed by atoms with Gasteiger partial charge in [0.05, 0.1) is 30.5 Å². The quantitative estimate of drug-likeness (QED) is 0.134. The van der Waals surface area contributed by atoms with E-state index in [0.717, 1.165) is 32.1 Å². The zero-order chi connectivity index (χ0) is 37.9. The second kappa shape index (κ2) is 14.9. The highest BCUT2D eigenvalue weighted by atomic mass is 16.7. The summed E-state index contributed by atoms with van der Waals surface area (Å²) in [7, 11) is 0. The molecule has 52 heavy (non-hydrogen) atoms. The molecule has 12 nitrogen and oxygen atoms in total. The van der Waals surface area contributed by atoms with Crippen LogP contribution < -0.4 is 0 Å². The molecular formula is C40H66N2O10. The van der Waals surface area contributed by atoms with Gasteiger partial charge in [0.1, 0.15) is 30.9 Å². The number of fused-ring (bicyclic) bond motifs is 5. The van der Waals surface area contributed by atoms with Gasteiger partial charge in [-0.15, -0.1) is 0 Å². The van der Waals surface area contributed by atoms with Crippen LogP contribution in [0.25, 0.3) is 0 Å². The summed E-state index contributed by atoms with van der Waals surface area (Å²) in [6.45, 7) is 15.6. The van der Waals surface area contributed by atoms with Gasteiger partial charge in [-0.05, 0) is 106 Å². The lowest BCUT2D eigenvalue weighted by molar-refractivity contribution is -0.272. The molecule has 2 heterocycles. The van der Waals surface area contributed by atoms with E-state index in [9.17, 15) is 30.2 Å². The molecule has 0 radical (unpaired) electrons. The van der Waals surface area contributed by atoms with Gasteiger partial charge in [-0.25, -0.2) is 0 Å². The van der Waals surface area contributed by atoms with E-state index >= 15 is 0 Å². The first-order valence-electron chi connectivity index (χ1n) is 20.1. The maximum Gasteiger partial charge on any atom is 0.184 e. The van der Waals surface area contributed by atoms with E-state index in [-0.39, 0.29) is 53.8 Å². The molecule has 3 unspecified atom stereocenters. The minimum atomic E-state index is -1.17. The third kappa shape index (κ3) is 7.10. The van der Waals surface area contributed by atoms with Crippen molar-refractivity contribution in [3.05, 3.63) is 21.5 Å². The van der Waals surface area contributed by atoms with Gasteiger partial charge in [-0.2, -0.15) is 9.81 Å². The van der Waals surface area contributed by atoms with E-state index in [1.54, 1.807) is 13.8 Å². The van der Waals surface area contributed by atoms with Crippen LogP contribution in [0.2, 0.25) is 0 Å². The summed E-state index contributed by atoms with van der Waals surface area (Å²) >= 11 is 0. The third-order valence-electron chi connectivity index (χ3n) is 15.6. The first-order chi connectivity index (χ1) is 24.4. The summed E-state index contributed by atoms with van der Waals surface area (Å²) < 4.78 is 24.3. The predicted molar refractivity (Wildman–Crippen MR) is 195 cm³/mol. The molecule has 6 rings (SSSR count). The molecule has 15 atom stereocenters. The summed E-state index contributed by atoms with van der Waals surface area (Å²) in [4.78, 5) is 22.5. The molecular weight excluding hydrogens is 668 g/mol. The Morgan fingerprint density at radius 2 is 1.75 bits per heavy atom. The molecule has 2 saturated heterocycles. The lowest BCUT2D eigenvalue weighted by Gasteiger charge is -2.66. The molecule has 5 fully saturated rings. The Bertz CT molecular complexity index is 1320. The molecule has 12 heteroatoms. The zero-order valence-electron chi connectivity index (χ0n) is 32.5. The third-order valence-corrected chi connectivity index (χ3v) is 15.6. The Morgan fingerprint density at radius 1 is 1.00 bits per heavy atom. The largest absolute Gasteiger partial charge is 0.391 e. The molecule has 4 aliphatic carbocycles. The van der Waals surface area contributed by atoms with Crippen LogP contribution in [0.1, 0.15) is 126 Å². The Labute approximate surface area is 309 Å². The zero-order valence-corrected chi connectivity index (χ0v) is 32.5. The van der Waals surface area contributed by atoms with Gasteiger partial charge in [0.15, 0.2) is 12.6 Å². The average molecular weight is 735 g/mol. The number of allylic oxidation sites excluding steroid dienone is 1. The summed E-state index contributed by atoms with van der Waals surface area (Å²) in [5.41, 5.74) is 0.698. The second-order valence-corrected chi connectivity index (χ2v) is 19.2. The molecule has 2 aliphatic heterocycles. The van der Waals surface area contributed by atoms with Crippen molar-refractivity contribution in [2.24, 2.45) is 49.8 Å². The van der Waals surface area contributed by atoms with Gasteiger partial charge in [0.25, 0.3) is 0 Å². The normalized spacial score (nSPS) is 46.7. The van der Waals surface area contributed by atoms with E-state index in [0.29, 0.717) is 24.2 Å². The highest BCUT2D eigenvalue weighted by Gasteiger charge is 2.67. The minimum Gasteiger partial charge on any atom is -0.391 e. The number of hydrogen-bond donors (Lipinski definition) is 4. The lowest BCUT2D eigenvalue weighted by atomic mass is 9.39. The molecule has 0 bridgehead atoms. The fourth-order valence-corrected chi connectivity index (χ4v) is 12.2. The van der Waals surface area contributed by atoms with Crippen molar-refractivity contribution in [3.63, 3.8) is 0 Å². The van der Waals surface area contributed by atoms with Crippen molar-refractivity contribution >= 4 is 0 Å². The van der Waals surface area contributed by atoms with Gasteiger partial charge >= 0.3 is 0 Å². The maximum absolute atomic E-state index is 11.5. The van der Waals surface area contributed by atoms with Crippen LogP contribution in [-0.2, 0) is 18.9 Å². The van der Waals surface area contributed by atoms with E-state index in [2.05, 4.69) is 51.0 Å². The van der Waals surface area contributed by atoms with Gasteiger partial charge in [-0.1, -0.05) is 63.0 Å². The topological polar surface area (TPSA) is 177 Å². The smallest absolute Gasteiger partial charge is 0.184 e. The number of hydrogen-bond acceptors (Lipinski definition) is 12. The number of nitroso groups, excluding NO2 is 2. The molecule has 6 aliphatic rings. The first kappa shape index (κ1) is 40.3. The van der Waals surface area contributed by atoms with Crippen LogP contribution in [0, 0.1) is 49.2 Å². The molecule has 0 aromatic rings. The van der Waals surface area contributed by atoms with Gasteiger partial charge < -0.3 is 39.4 Å². The van der Waals surface area contributed by atoms with Crippen molar-refractivity contribution < 1.29 is 39.4 Å². The number of ether oxygens (including phenoxy) is 4. The summed E-state index contributed by atoms with van der Waals surface area (Å²) in [5, 5.41) is 47.8. The number of aliphatic hydroxyl groups is 4. The molecule has 0 spiro atoms. The van der Waals surface area contributed by atoms with Crippen LogP contribution in [0.3, 0.4) is 0 Å². The molecule has 3 saturated carbocycles. The summed E-state index contributed by atoms with van der Waals surface area (Å²) in [6, 6.07) is -0.900. The van der Waals surface area contributed by atoms with Crippen LogP contribution in [0.4, 0.5) is 0 Å². The van der Waals surface area contributed by atoms with Crippen molar-refractivity contribution in [3.8, 4) is 0 Å². The van der Waals surface area contributed by atoms with E-state index in [1.807, 2.05) is 0 Å². The highest BCUT2D eigenvalue weighted by Crippen LogP contribution is 2.74. The van der Waals surface area contributed by atoms with Crippen LogP contribution in [0.5, 0.6) is 0 Å². The van der Waals surface area contributed by atoms with Gasteiger partial charge in [-0.3, -0.25) is 0 Å². The van der Waals surface area contributed by atoms with Crippen molar-refractivity contribution in [2.45, 2.75) is 186 Å². The molecule has 0 aromatic heterocycles. The summed E-state index contributed by atoms with van der Waals surface area (Å²) in [6.07, 6.45) is 7.33. The molecule has 0 aromatic carbocycles. The maximum atomic E-state index is 11.5. The lowest BCUT2D eigenvalue weighted by Crippen LogP contribution is -2.59. The molecule has 296 valence electrons. The van der Waals surface area contributed by atoms with Crippen LogP contribution in [0.15, 0.2) is 22.0 Å². The number of rotatable bonds is 12. The first-order valence-corrected chi connectivity index (χ1v) is 20.1. The Kier molecular flexibility index (Phi) is 11.6. The second-order valence-electron chi connectivity index (χ2n) is 19.2. The van der Waals surface area contributed by atoms with E-state index < -0.39 is 54.7 Å². The van der Waals surface area contributed by atoms with Crippen molar-refractivity contribution in [1.29, 1.82) is 0 Å². The fourth-order valence-electron chi connectivity index (χ4n) is 12.2. The average Bonchev–Trinajstić information content (AvgIpc) is 3.33. The summed E-state index contributed by atoms with van der Waals surface area (Å²) in [5.74, 6) is 1.60. The minimum absolute atomic E-state index is 0.118. The standard InChI is InChI=1S/C40H66N2O10/c1-36(2)25-11-13-30-38(5,26(25)12-14-31(36)51-33-20-27(42-48)34(45)29(50-33)21-41-47)17-18-39(6)23(15-16-40(30,39)7)9-8-10-32(37(3,4)46)52-35-28(44)19-24(43)22-49-35/h11,23-24,26-35,43-46H,8-10,12-22H2,1-7H3/t23?,24-,26?,27+,28+,29+,30?,31-,32+,33-,34-,35-,38-,39+,40-/m0/s1. The fraction of sp³-hybridized carbons (Fsp3) is 0.950. The number of aliphatic hydroxyl groups excluding tert-OH is 3. The van der Waals surface area contributed by atoms with Crippen LogP contribution >= 0.6 is 0 Å². The highest BCUT2D eigenvalue weighted by molar-refractivity contribution is 5.30. The van der Waals surface area contributed by atoms with Crippen molar-refractivity contribution in [2.75, 3.05) is 13.2 Å². The number of nitrogens with zero attached hydrogens (tertiary/aromatic N) is 2. The molecule has 0 amide bonds. The Morgan fingerprint density at radius 3 is 2.42 bits per heavy atom. The predicted octanol–water partition coefficient (Wildman–Crippen LogP) is 6.15. The Hall–Kier alpha value is -1.38. The van der Waals surface area contributed by atoms with Crippen molar-refractivity contribution in [1.82, 2.24) is 0 Å². The Balaban J connectivity index is 1.12. The van der Waals surface area contributed by atoms with E-state index in [1.165, 1.54) is 31.3 Å².